The van der Waals surface area contributed by atoms with Gasteiger partial charge in [0.1, 0.15) is 12.4 Å². The minimum atomic E-state index is -1.91. The number of rotatable bonds is 11. The largest absolute Gasteiger partial charge is 0.496 e. The zero-order valence-corrected chi connectivity index (χ0v) is 24.7. The van der Waals surface area contributed by atoms with Gasteiger partial charge in [0.2, 0.25) is 5.60 Å². The van der Waals surface area contributed by atoms with Gasteiger partial charge in [-0.05, 0) is 48.8 Å². The monoisotopic (exact) mass is 608 g/mol. The van der Waals surface area contributed by atoms with Crippen molar-refractivity contribution in [1.82, 2.24) is 4.90 Å². The molecule has 0 bridgehead atoms. The molecule has 3 aromatic rings. The molecule has 1 amide bonds. The van der Waals surface area contributed by atoms with E-state index in [2.05, 4.69) is 5.32 Å². The summed E-state index contributed by atoms with van der Waals surface area (Å²) in [6.45, 7) is 0.0488. The summed E-state index contributed by atoms with van der Waals surface area (Å²) in [6.07, 6.45) is 3.22. The number of nitrogens with one attached hydrogen (secondary N) is 1. The van der Waals surface area contributed by atoms with Gasteiger partial charge in [0.05, 0.1) is 34.2 Å². The van der Waals surface area contributed by atoms with Gasteiger partial charge < -0.3 is 24.4 Å². The number of esters is 1. The summed E-state index contributed by atoms with van der Waals surface area (Å²) in [5, 5.41) is 27.6. The maximum Gasteiger partial charge on any atom is 0.411 e. The number of ether oxygens (including phenoxy) is 3. The Bertz CT molecular complexity index is 1240. The molecule has 0 unspecified atom stereocenters. The smallest absolute Gasteiger partial charge is 0.411 e. The Labute approximate surface area is 246 Å². The van der Waals surface area contributed by atoms with Crippen molar-refractivity contribution in [3.05, 3.63) is 67.5 Å². The zero-order chi connectivity index (χ0) is 28.8. The number of benzene rings is 1. The number of thiophene rings is 2. The maximum atomic E-state index is 13.7. The Morgan fingerprint density at radius 1 is 1.12 bits per heavy atom. The summed E-state index contributed by atoms with van der Waals surface area (Å²) < 4.78 is 16.8. The quantitative estimate of drug-likeness (QED) is 0.191. The summed E-state index contributed by atoms with van der Waals surface area (Å²) in [6, 6.07) is 10.1. The lowest BCUT2D eigenvalue weighted by atomic mass is 9.89. The van der Waals surface area contributed by atoms with Crippen LogP contribution >= 0.6 is 34.3 Å². The van der Waals surface area contributed by atoms with Gasteiger partial charge in [-0.1, -0.05) is 30.2 Å². The van der Waals surface area contributed by atoms with Crippen LogP contribution in [0.15, 0.2) is 47.2 Å². The number of aliphatic hydroxyl groups excluding tert-OH is 1. The highest BCUT2D eigenvalue weighted by Crippen LogP contribution is 2.41. The van der Waals surface area contributed by atoms with Gasteiger partial charge in [0, 0.05) is 31.0 Å². The molecule has 0 saturated heterocycles. The van der Waals surface area contributed by atoms with Crippen LogP contribution in [0.3, 0.4) is 0 Å². The van der Waals surface area contributed by atoms with E-state index in [1.165, 1.54) is 41.9 Å². The van der Waals surface area contributed by atoms with Crippen molar-refractivity contribution in [3.8, 4) is 5.75 Å². The Hall–Kier alpha value is -2.67. The summed E-state index contributed by atoms with van der Waals surface area (Å²) >= 11 is 8.83. The first-order chi connectivity index (χ1) is 19.2. The number of anilines is 1. The lowest BCUT2D eigenvalue weighted by Crippen LogP contribution is -2.55. The molecule has 2 aromatic heterocycles. The molecule has 3 N–H and O–H groups in total. The number of carbonyl (C=O) groups excluding carboxylic acids is 2. The minimum Gasteiger partial charge on any atom is -0.496 e. The Kier molecular flexibility index (Phi) is 10.1. The van der Waals surface area contributed by atoms with Gasteiger partial charge in [-0.25, -0.2) is 9.59 Å². The fraction of sp³-hybridized carbons (Fsp3) is 0.429. The molecule has 1 aliphatic rings. The van der Waals surface area contributed by atoms with Crippen molar-refractivity contribution in [2.45, 2.75) is 50.0 Å². The molecule has 12 heteroatoms. The first-order valence-electron chi connectivity index (χ1n) is 12.9. The van der Waals surface area contributed by atoms with E-state index in [-0.39, 0.29) is 30.5 Å². The number of hydrogen-bond acceptors (Lipinski definition) is 10. The van der Waals surface area contributed by atoms with E-state index in [4.69, 9.17) is 25.8 Å². The van der Waals surface area contributed by atoms with Crippen molar-refractivity contribution >= 4 is 52.0 Å². The predicted molar refractivity (Wildman–Crippen MR) is 155 cm³/mol. The summed E-state index contributed by atoms with van der Waals surface area (Å²) in [5.74, 6) is -0.340. The van der Waals surface area contributed by atoms with Gasteiger partial charge in [-0.3, -0.25) is 10.2 Å². The lowest BCUT2D eigenvalue weighted by molar-refractivity contribution is -0.207. The second-order valence-electron chi connectivity index (χ2n) is 9.55. The molecule has 2 heterocycles. The third-order valence-electron chi connectivity index (χ3n) is 7.10. The van der Waals surface area contributed by atoms with Crippen LogP contribution in [0.25, 0.3) is 0 Å². The lowest BCUT2D eigenvalue weighted by Gasteiger charge is -2.44. The molecule has 1 aliphatic carbocycles. The Morgan fingerprint density at radius 3 is 2.33 bits per heavy atom. The number of carbonyl (C=O) groups is 2. The predicted octanol–water partition coefficient (Wildman–Crippen LogP) is 5.58. The molecule has 1 fully saturated rings. The number of halogens is 1. The average molecular weight is 609 g/mol. The van der Waals surface area contributed by atoms with Crippen LogP contribution in [0.2, 0.25) is 5.02 Å². The van der Waals surface area contributed by atoms with E-state index in [1.807, 2.05) is 22.7 Å². The van der Waals surface area contributed by atoms with E-state index in [1.54, 1.807) is 24.3 Å². The van der Waals surface area contributed by atoms with Gasteiger partial charge in [-0.15, -0.1) is 22.7 Å². The second-order valence-corrected chi connectivity index (χ2v) is 11.8. The molecule has 0 spiro atoms. The van der Waals surface area contributed by atoms with Gasteiger partial charge in [0.15, 0.2) is 5.72 Å². The number of amides is 1. The van der Waals surface area contributed by atoms with Crippen molar-refractivity contribution in [3.63, 3.8) is 0 Å². The molecule has 40 heavy (non-hydrogen) atoms. The first-order valence-corrected chi connectivity index (χ1v) is 15.0. The van der Waals surface area contributed by atoms with Crippen molar-refractivity contribution in [2.24, 2.45) is 0 Å². The summed E-state index contributed by atoms with van der Waals surface area (Å²) in [5.41, 5.74) is -2.08. The molecule has 9 nitrogen and oxygen atoms in total. The van der Waals surface area contributed by atoms with Crippen LogP contribution < -0.4 is 10.1 Å². The molecule has 4 rings (SSSR count). The highest BCUT2D eigenvalue weighted by molar-refractivity contribution is 7.12. The van der Waals surface area contributed by atoms with Crippen molar-refractivity contribution in [1.29, 1.82) is 0 Å². The third kappa shape index (κ3) is 6.45. The highest BCUT2D eigenvalue weighted by Gasteiger charge is 2.49. The van der Waals surface area contributed by atoms with E-state index in [0.29, 0.717) is 33.9 Å². The van der Waals surface area contributed by atoms with Gasteiger partial charge in [0.25, 0.3) is 0 Å². The van der Waals surface area contributed by atoms with Crippen molar-refractivity contribution in [2.75, 3.05) is 32.6 Å². The molecular formula is C28H33ClN2O7S2. The van der Waals surface area contributed by atoms with Crippen LogP contribution in [0.5, 0.6) is 5.75 Å². The first kappa shape index (κ1) is 30.3. The average Bonchev–Trinajstić information content (AvgIpc) is 3.69. The number of aliphatic hydroxyl groups is 2. The fourth-order valence-electron chi connectivity index (χ4n) is 4.83. The van der Waals surface area contributed by atoms with E-state index >= 15 is 0 Å². The van der Waals surface area contributed by atoms with Crippen LogP contribution in [0.1, 0.15) is 47.4 Å². The minimum absolute atomic E-state index is 0.0191. The Morgan fingerprint density at radius 2 is 1.77 bits per heavy atom. The zero-order valence-electron chi connectivity index (χ0n) is 22.4. The number of nitrogens with zero attached hydrogens (tertiary/aromatic N) is 1. The van der Waals surface area contributed by atoms with Crippen molar-refractivity contribution < 1.29 is 34.0 Å². The van der Waals surface area contributed by atoms with E-state index in [9.17, 15) is 19.8 Å². The summed E-state index contributed by atoms with van der Waals surface area (Å²) in [7, 11) is 3.28. The highest BCUT2D eigenvalue weighted by atomic mass is 35.5. The van der Waals surface area contributed by atoms with E-state index < -0.39 is 23.4 Å². The molecular weight excluding hydrogens is 576 g/mol. The van der Waals surface area contributed by atoms with Crippen LogP contribution in [0.4, 0.5) is 10.5 Å². The normalized spacial score (nSPS) is 15.1. The maximum absolute atomic E-state index is 13.7. The number of likely N-dealkylation sites (N-methyl/N-ethyl adjacent to an activating group) is 1. The standard InChI is InChI=1S/C28H33ClN2O7S2/c1-31(12-13-37-26(34)30-21-17-22(36-2)19(18-32)16-20(21)29)27(10-4-3-5-11-27)38-25(33)28(35,23-8-6-14-39-23)24-9-7-15-40-24/h6-9,14-17,32,35H,3-5,10-13,18H2,1-2H3,(H,30,34). The molecule has 1 saturated carbocycles. The molecule has 0 atom stereocenters. The number of hydrogen-bond donors (Lipinski definition) is 3. The van der Waals surface area contributed by atoms with Crippen LogP contribution in [0, 0.1) is 0 Å². The SMILES string of the molecule is COc1cc(NC(=O)OCCN(C)C2(OC(=O)C(O)(c3cccs3)c3cccs3)CCCCC2)c(Cl)cc1CO. The topological polar surface area (TPSA) is 118 Å². The van der Waals surface area contributed by atoms with Crippen LogP contribution in [-0.2, 0) is 26.5 Å². The molecule has 0 radical (unpaired) electrons. The molecule has 1 aromatic carbocycles. The molecule has 216 valence electrons. The van der Waals surface area contributed by atoms with Gasteiger partial charge in [-0.2, -0.15) is 0 Å². The molecule has 0 aliphatic heterocycles. The Balaban J connectivity index is 1.43. The second kappa shape index (κ2) is 13.3. The van der Waals surface area contributed by atoms with Gasteiger partial charge >= 0.3 is 12.1 Å². The number of methoxy groups -OCH3 is 1. The third-order valence-corrected chi connectivity index (χ3v) is 9.37. The van der Waals surface area contributed by atoms with E-state index in [0.717, 1.165) is 19.3 Å². The fourth-order valence-corrected chi connectivity index (χ4v) is 6.78. The summed E-state index contributed by atoms with van der Waals surface area (Å²) in [4.78, 5) is 29.1. The van der Waals surface area contributed by atoms with Crippen LogP contribution in [-0.4, -0.2) is 60.2 Å².